The highest BCUT2D eigenvalue weighted by Gasteiger charge is 2.19. The van der Waals surface area contributed by atoms with Gasteiger partial charge in [-0.05, 0) is 62.9 Å². The van der Waals surface area contributed by atoms with E-state index >= 15 is 0 Å². The van der Waals surface area contributed by atoms with Gasteiger partial charge in [-0.3, -0.25) is 9.78 Å². The van der Waals surface area contributed by atoms with Crippen LogP contribution in [0.25, 0.3) is 0 Å². The zero-order valence-electron chi connectivity index (χ0n) is 14.9. The monoisotopic (exact) mass is 326 g/mol. The fraction of sp³-hybridized carbons (Fsp3) is 0.400. The smallest absolute Gasteiger partial charge is 0.254 e. The van der Waals surface area contributed by atoms with E-state index in [0.29, 0.717) is 12.0 Å². The van der Waals surface area contributed by atoms with E-state index < -0.39 is 5.60 Å². The molecule has 128 valence electrons. The zero-order chi connectivity index (χ0) is 17.7. The van der Waals surface area contributed by atoms with Crippen LogP contribution in [0.1, 0.15) is 54.7 Å². The van der Waals surface area contributed by atoms with Gasteiger partial charge in [-0.15, -0.1) is 0 Å². The second-order valence-electron chi connectivity index (χ2n) is 6.89. The second kappa shape index (κ2) is 7.58. The zero-order valence-corrected chi connectivity index (χ0v) is 14.9. The van der Waals surface area contributed by atoms with Crippen LogP contribution in [0.4, 0.5) is 0 Å². The Labute approximate surface area is 144 Å². The lowest BCUT2D eigenvalue weighted by atomic mass is 9.97. The summed E-state index contributed by atoms with van der Waals surface area (Å²) in [5.74, 6) is -0.0172. The Hall–Kier alpha value is -2.20. The fourth-order valence-electron chi connectivity index (χ4n) is 2.54. The molecular formula is C20H26N2O2. The van der Waals surface area contributed by atoms with Crippen molar-refractivity contribution >= 4 is 5.91 Å². The number of aliphatic hydroxyl groups is 1. The van der Waals surface area contributed by atoms with Gasteiger partial charge in [0.15, 0.2) is 0 Å². The van der Waals surface area contributed by atoms with Crippen LogP contribution < -0.4 is 0 Å². The normalized spacial score (nSPS) is 12.7. The third-order valence-corrected chi connectivity index (χ3v) is 4.27. The quantitative estimate of drug-likeness (QED) is 0.882. The number of aromatic nitrogens is 1. The number of aryl methyl sites for hydroxylation is 1. The van der Waals surface area contributed by atoms with Crippen LogP contribution in [0.3, 0.4) is 0 Å². The number of benzene rings is 1. The van der Waals surface area contributed by atoms with Crippen molar-refractivity contribution in [1.82, 2.24) is 9.88 Å². The number of hydrogen-bond donors (Lipinski definition) is 1. The summed E-state index contributed by atoms with van der Waals surface area (Å²) in [4.78, 5) is 18.6. The first-order valence-corrected chi connectivity index (χ1v) is 8.26. The molecule has 1 heterocycles. The average molecular weight is 326 g/mol. The molecule has 0 bridgehead atoms. The van der Waals surface area contributed by atoms with E-state index in [1.54, 1.807) is 31.1 Å². The highest BCUT2D eigenvalue weighted by Crippen LogP contribution is 2.21. The molecule has 1 aromatic heterocycles. The molecule has 0 aliphatic carbocycles. The fourth-order valence-corrected chi connectivity index (χ4v) is 2.54. The van der Waals surface area contributed by atoms with Gasteiger partial charge in [0.1, 0.15) is 0 Å². The van der Waals surface area contributed by atoms with Gasteiger partial charge in [-0.1, -0.05) is 18.2 Å². The Morgan fingerprint density at radius 2 is 2.04 bits per heavy atom. The molecule has 4 nitrogen and oxygen atoms in total. The summed E-state index contributed by atoms with van der Waals surface area (Å²) >= 11 is 0. The summed E-state index contributed by atoms with van der Waals surface area (Å²) in [6.45, 7) is 5.59. The van der Waals surface area contributed by atoms with Gasteiger partial charge < -0.3 is 10.0 Å². The van der Waals surface area contributed by atoms with Crippen LogP contribution in [0.15, 0.2) is 48.8 Å². The Morgan fingerprint density at radius 3 is 2.67 bits per heavy atom. The summed E-state index contributed by atoms with van der Waals surface area (Å²) in [5.41, 5.74) is 2.03. The topological polar surface area (TPSA) is 53.4 Å². The van der Waals surface area contributed by atoms with Crippen molar-refractivity contribution in [2.24, 2.45) is 0 Å². The Morgan fingerprint density at radius 1 is 1.29 bits per heavy atom. The first kappa shape index (κ1) is 18.1. The predicted octanol–water partition coefficient (Wildman–Crippen LogP) is 3.62. The third-order valence-electron chi connectivity index (χ3n) is 4.27. The first-order chi connectivity index (χ1) is 11.3. The number of rotatable bonds is 6. The molecule has 0 aliphatic heterocycles. The highest BCUT2D eigenvalue weighted by atomic mass is 16.3. The van der Waals surface area contributed by atoms with Gasteiger partial charge in [0.2, 0.25) is 0 Å². The molecule has 2 aromatic rings. The van der Waals surface area contributed by atoms with Crippen molar-refractivity contribution in [1.29, 1.82) is 0 Å². The molecule has 1 amide bonds. The van der Waals surface area contributed by atoms with Gasteiger partial charge in [-0.25, -0.2) is 0 Å². The Kier molecular flexibility index (Phi) is 5.73. The van der Waals surface area contributed by atoms with Crippen LogP contribution in [0.5, 0.6) is 0 Å². The van der Waals surface area contributed by atoms with E-state index in [1.165, 1.54) is 0 Å². The molecule has 0 fully saturated rings. The lowest BCUT2D eigenvalue weighted by Gasteiger charge is -2.25. The molecule has 0 saturated heterocycles. The van der Waals surface area contributed by atoms with E-state index in [1.807, 2.05) is 50.4 Å². The maximum atomic E-state index is 12.8. The van der Waals surface area contributed by atoms with E-state index in [2.05, 4.69) is 4.98 Å². The standard InChI is InChI=1S/C20H26N2O2/c1-15(18-9-6-12-21-14-18)22(4)19(23)17-8-5-7-16(13-17)10-11-20(2,3)24/h5-9,12-15,24H,10-11H2,1-4H3/t15-/m1/s1. The molecule has 0 radical (unpaired) electrons. The van der Waals surface area contributed by atoms with Gasteiger partial charge in [0.05, 0.1) is 11.6 Å². The molecule has 1 N–H and O–H groups in total. The van der Waals surface area contributed by atoms with E-state index in [9.17, 15) is 9.90 Å². The minimum atomic E-state index is -0.703. The first-order valence-electron chi connectivity index (χ1n) is 8.26. The number of hydrogen-bond acceptors (Lipinski definition) is 3. The van der Waals surface area contributed by atoms with Crippen molar-refractivity contribution in [2.45, 2.75) is 45.3 Å². The van der Waals surface area contributed by atoms with Crippen molar-refractivity contribution in [3.8, 4) is 0 Å². The molecule has 1 aromatic carbocycles. The number of pyridine rings is 1. The minimum absolute atomic E-state index is 0.0172. The van der Waals surface area contributed by atoms with Crippen LogP contribution in [-0.2, 0) is 6.42 Å². The van der Waals surface area contributed by atoms with Gasteiger partial charge >= 0.3 is 0 Å². The Balaban J connectivity index is 2.11. The van der Waals surface area contributed by atoms with Gasteiger partial charge in [0, 0.05) is 25.0 Å². The lowest BCUT2D eigenvalue weighted by Crippen LogP contribution is -2.29. The summed E-state index contributed by atoms with van der Waals surface area (Å²) in [6, 6.07) is 11.4. The van der Waals surface area contributed by atoms with Crippen molar-refractivity contribution in [2.75, 3.05) is 7.05 Å². The predicted molar refractivity (Wildman–Crippen MR) is 95.8 cm³/mol. The molecule has 0 aliphatic rings. The Bertz CT molecular complexity index is 678. The van der Waals surface area contributed by atoms with Crippen molar-refractivity contribution in [3.05, 3.63) is 65.5 Å². The number of carbonyl (C=O) groups is 1. The van der Waals surface area contributed by atoms with E-state index in [-0.39, 0.29) is 11.9 Å². The summed E-state index contributed by atoms with van der Waals surface area (Å²) < 4.78 is 0. The van der Waals surface area contributed by atoms with Crippen LogP contribution in [-0.4, -0.2) is 33.5 Å². The number of nitrogens with zero attached hydrogens (tertiary/aromatic N) is 2. The van der Waals surface area contributed by atoms with Gasteiger partial charge in [0.25, 0.3) is 5.91 Å². The summed E-state index contributed by atoms with van der Waals surface area (Å²) in [5, 5.41) is 9.86. The van der Waals surface area contributed by atoms with E-state index in [0.717, 1.165) is 17.5 Å². The highest BCUT2D eigenvalue weighted by molar-refractivity contribution is 5.94. The van der Waals surface area contributed by atoms with Crippen molar-refractivity contribution in [3.63, 3.8) is 0 Å². The molecule has 24 heavy (non-hydrogen) atoms. The summed E-state index contributed by atoms with van der Waals surface area (Å²) in [6.07, 6.45) is 4.91. The average Bonchev–Trinajstić information content (AvgIpc) is 2.58. The molecule has 0 unspecified atom stereocenters. The van der Waals surface area contributed by atoms with Crippen molar-refractivity contribution < 1.29 is 9.90 Å². The van der Waals surface area contributed by atoms with Crippen LogP contribution >= 0.6 is 0 Å². The molecule has 0 saturated carbocycles. The largest absolute Gasteiger partial charge is 0.390 e. The molecular weight excluding hydrogens is 300 g/mol. The van der Waals surface area contributed by atoms with Crippen LogP contribution in [0.2, 0.25) is 0 Å². The van der Waals surface area contributed by atoms with Crippen LogP contribution in [0, 0.1) is 0 Å². The van der Waals surface area contributed by atoms with E-state index in [4.69, 9.17) is 0 Å². The SMILES string of the molecule is C[C@H](c1cccnc1)N(C)C(=O)c1cccc(CCC(C)(C)O)c1. The molecule has 0 spiro atoms. The lowest BCUT2D eigenvalue weighted by molar-refractivity contribution is 0.0714. The maximum Gasteiger partial charge on any atom is 0.254 e. The minimum Gasteiger partial charge on any atom is -0.390 e. The second-order valence-corrected chi connectivity index (χ2v) is 6.89. The number of amides is 1. The molecule has 2 rings (SSSR count). The number of carbonyl (C=O) groups excluding carboxylic acids is 1. The maximum absolute atomic E-state index is 12.8. The molecule has 1 atom stereocenters. The third kappa shape index (κ3) is 4.90. The van der Waals surface area contributed by atoms with Gasteiger partial charge in [-0.2, -0.15) is 0 Å². The molecule has 4 heteroatoms. The summed E-state index contributed by atoms with van der Waals surface area (Å²) in [7, 11) is 1.81.